The number of nitrogens with one attached hydrogen (secondary N) is 1. The van der Waals surface area contributed by atoms with Crippen molar-refractivity contribution in [1.29, 1.82) is 0 Å². The van der Waals surface area contributed by atoms with Gasteiger partial charge in [0.25, 0.3) is 5.91 Å². The molecule has 1 N–H and O–H groups in total. The fourth-order valence-corrected chi connectivity index (χ4v) is 2.35. The number of benzene rings is 1. The second-order valence-electron chi connectivity index (χ2n) is 5.18. The Morgan fingerprint density at radius 2 is 2.04 bits per heavy atom. The lowest BCUT2D eigenvalue weighted by atomic mass is 10.3. The first-order chi connectivity index (χ1) is 11.6. The van der Waals surface area contributed by atoms with Crippen LogP contribution in [-0.4, -0.2) is 30.2 Å². The number of hydrogen-bond donors (Lipinski definition) is 1. The molecule has 7 nitrogen and oxygen atoms in total. The lowest BCUT2D eigenvalue weighted by Gasteiger charge is -2.05. The average Bonchev–Trinajstić information content (AvgIpc) is 3.19. The van der Waals surface area contributed by atoms with Crippen molar-refractivity contribution in [3.8, 4) is 5.69 Å². The Kier molecular flexibility index (Phi) is 4.37. The van der Waals surface area contributed by atoms with Gasteiger partial charge in [-0.1, -0.05) is 0 Å². The molecule has 2 heterocycles. The molecule has 0 spiro atoms. The van der Waals surface area contributed by atoms with Crippen molar-refractivity contribution < 1.29 is 9.18 Å². The number of carbonyl (C=O) groups excluding carboxylic acids is 1. The first-order valence-corrected chi connectivity index (χ1v) is 7.56. The topological polar surface area (TPSA) is 77.6 Å². The number of halogens is 1. The summed E-state index contributed by atoms with van der Waals surface area (Å²) in [5.74, 6) is 0.652. The molecule has 1 amide bonds. The number of aromatic nitrogens is 5. The van der Waals surface area contributed by atoms with Crippen LogP contribution in [0, 0.1) is 12.7 Å². The SMILES string of the molecule is CCn1ccnc1CNC(=O)c1nc(C)n(-c2ccc(F)cc2)n1. The van der Waals surface area contributed by atoms with Crippen molar-refractivity contribution in [2.45, 2.75) is 26.9 Å². The number of amides is 1. The van der Waals surface area contributed by atoms with Gasteiger partial charge in [0, 0.05) is 18.9 Å². The van der Waals surface area contributed by atoms with E-state index < -0.39 is 0 Å². The quantitative estimate of drug-likeness (QED) is 0.775. The van der Waals surface area contributed by atoms with E-state index in [1.165, 1.54) is 16.8 Å². The minimum Gasteiger partial charge on any atom is -0.342 e. The molecule has 0 aliphatic heterocycles. The molecule has 3 aromatic rings. The predicted octanol–water partition coefficient (Wildman–Crippen LogP) is 1.86. The maximum atomic E-state index is 13.0. The summed E-state index contributed by atoms with van der Waals surface area (Å²) in [5.41, 5.74) is 0.641. The highest BCUT2D eigenvalue weighted by Gasteiger charge is 2.15. The van der Waals surface area contributed by atoms with Crippen LogP contribution < -0.4 is 5.32 Å². The lowest BCUT2D eigenvalue weighted by molar-refractivity contribution is 0.0939. The maximum Gasteiger partial charge on any atom is 0.291 e. The van der Waals surface area contributed by atoms with Gasteiger partial charge < -0.3 is 9.88 Å². The number of hydrogen-bond acceptors (Lipinski definition) is 4. The summed E-state index contributed by atoms with van der Waals surface area (Å²) < 4.78 is 16.5. The second-order valence-corrected chi connectivity index (χ2v) is 5.18. The smallest absolute Gasteiger partial charge is 0.291 e. The highest BCUT2D eigenvalue weighted by molar-refractivity contribution is 5.90. The first kappa shape index (κ1) is 15.9. The Hall–Kier alpha value is -3.03. The van der Waals surface area contributed by atoms with Gasteiger partial charge in [0.05, 0.1) is 12.2 Å². The van der Waals surface area contributed by atoms with Crippen LogP contribution in [-0.2, 0) is 13.1 Å². The van der Waals surface area contributed by atoms with Gasteiger partial charge in [0.1, 0.15) is 17.5 Å². The molecule has 24 heavy (non-hydrogen) atoms. The molecule has 0 fully saturated rings. The largest absolute Gasteiger partial charge is 0.342 e. The summed E-state index contributed by atoms with van der Waals surface area (Å²) in [5, 5.41) is 6.95. The first-order valence-electron chi connectivity index (χ1n) is 7.56. The van der Waals surface area contributed by atoms with Crippen molar-refractivity contribution >= 4 is 5.91 Å². The van der Waals surface area contributed by atoms with E-state index in [1.807, 2.05) is 17.7 Å². The third-order valence-electron chi connectivity index (χ3n) is 3.59. The highest BCUT2D eigenvalue weighted by atomic mass is 19.1. The third kappa shape index (κ3) is 3.17. The molecule has 0 saturated carbocycles. The van der Waals surface area contributed by atoms with Crippen LogP contribution in [0.1, 0.15) is 29.2 Å². The van der Waals surface area contributed by atoms with E-state index >= 15 is 0 Å². The third-order valence-corrected chi connectivity index (χ3v) is 3.59. The van der Waals surface area contributed by atoms with Gasteiger partial charge in [0.15, 0.2) is 0 Å². The molecule has 124 valence electrons. The molecule has 8 heteroatoms. The van der Waals surface area contributed by atoms with Crippen molar-refractivity contribution in [1.82, 2.24) is 29.6 Å². The molecule has 0 bridgehead atoms. The lowest BCUT2D eigenvalue weighted by Crippen LogP contribution is -2.25. The maximum absolute atomic E-state index is 13.0. The van der Waals surface area contributed by atoms with Crippen molar-refractivity contribution in [2.75, 3.05) is 0 Å². The van der Waals surface area contributed by atoms with E-state index in [0.717, 1.165) is 12.4 Å². The van der Waals surface area contributed by atoms with Crippen LogP contribution in [0.5, 0.6) is 0 Å². The summed E-state index contributed by atoms with van der Waals surface area (Å²) in [6.45, 7) is 4.81. The van der Waals surface area contributed by atoms with Crippen molar-refractivity contribution in [3.63, 3.8) is 0 Å². The Morgan fingerprint density at radius 3 is 2.75 bits per heavy atom. The zero-order valence-corrected chi connectivity index (χ0v) is 13.4. The standard InChI is InChI=1S/C16H17FN6O/c1-3-22-9-8-18-14(22)10-19-16(24)15-20-11(2)23(21-15)13-6-4-12(17)5-7-13/h4-9H,3,10H2,1-2H3,(H,19,24). The number of imidazole rings is 1. The molecule has 0 aliphatic carbocycles. The van der Waals surface area contributed by atoms with Crippen LogP contribution in [0.4, 0.5) is 4.39 Å². The monoisotopic (exact) mass is 328 g/mol. The van der Waals surface area contributed by atoms with E-state index in [1.54, 1.807) is 25.3 Å². The molecule has 0 atom stereocenters. The fourth-order valence-electron chi connectivity index (χ4n) is 2.35. The number of rotatable bonds is 5. The summed E-state index contributed by atoms with van der Waals surface area (Å²) in [6.07, 6.45) is 3.55. The second kappa shape index (κ2) is 6.61. The predicted molar refractivity (Wildman–Crippen MR) is 85.1 cm³/mol. The van der Waals surface area contributed by atoms with Crippen molar-refractivity contribution in [2.24, 2.45) is 0 Å². The summed E-state index contributed by atoms with van der Waals surface area (Å²) in [6, 6.07) is 5.83. The number of carbonyl (C=O) groups is 1. The molecule has 1 aromatic carbocycles. The van der Waals surface area contributed by atoms with Gasteiger partial charge in [-0.2, -0.15) is 0 Å². The summed E-state index contributed by atoms with van der Waals surface area (Å²) in [7, 11) is 0. The van der Waals surface area contributed by atoms with Crippen LogP contribution >= 0.6 is 0 Å². The Labute approximate surface area is 138 Å². The summed E-state index contributed by atoms with van der Waals surface area (Å²) >= 11 is 0. The van der Waals surface area contributed by atoms with E-state index in [-0.39, 0.29) is 17.5 Å². The van der Waals surface area contributed by atoms with Crippen molar-refractivity contribution in [3.05, 3.63) is 59.9 Å². The van der Waals surface area contributed by atoms with Gasteiger partial charge in [-0.05, 0) is 38.1 Å². The minimum absolute atomic E-state index is 0.0615. The van der Waals surface area contributed by atoms with Gasteiger partial charge >= 0.3 is 0 Å². The molecule has 3 rings (SSSR count). The molecule has 0 radical (unpaired) electrons. The van der Waals surface area contributed by atoms with Gasteiger partial charge in [-0.15, -0.1) is 5.10 Å². The Bertz CT molecular complexity index is 852. The molecule has 0 aliphatic rings. The highest BCUT2D eigenvalue weighted by Crippen LogP contribution is 2.10. The van der Waals surface area contributed by atoms with Crippen LogP contribution in [0.2, 0.25) is 0 Å². The van der Waals surface area contributed by atoms with Crippen LogP contribution in [0.15, 0.2) is 36.7 Å². The Morgan fingerprint density at radius 1 is 1.29 bits per heavy atom. The minimum atomic E-state index is -0.385. The Balaban J connectivity index is 1.74. The summed E-state index contributed by atoms with van der Waals surface area (Å²) in [4.78, 5) is 20.6. The normalized spacial score (nSPS) is 10.8. The molecule has 0 saturated heterocycles. The number of aryl methyl sites for hydroxylation is 2. The van der Waals surface area contributed by atoms with Crippen LogP contribution in [0.3, 0.4) is 0 Å². The van der Waals surface area contributed by atoms with Crippen LogP contribution in [0.25, 0.3) is 5.69 Å². The van der Waals surface area contributed by atoms with E-state index in [9.17, 15) is 9.18 Å². The van der Waals surface area contributed by atoms with E-state index in [4.69, 9.17) is 0 Å². The molecular formula is C16H17FN6O. The zero-order valence-electron chi connectivity index (χ0n) is 13.4. The van der Waals surface area contributed by atoms with Gasteiger partial charge in [-0.25, -0.2) is 19.0 Å². The fraction of sp³-hybridized carbons (Fsp3) is 0.250. The van der Waals surface area contributed by atoms with E-state index in [0.29, 0.717) is 18.1 Å². The average molecular weight is 328 g/mol. The number of nitrogens with zero attached hydrogens (tertiary/aromatic N) is 5. The molecule has 2 aromatic heterocycles. The zero-order chi connectivity index (χ0) is 17.1. The molecule has 0 unspecified atom stereocenters. The van der Waals surface area contributed by atoms with Gasteiger partial charge in [0.2, 0.25) is 5.82 Å². The molecular weight excluding hydrogens is 311 g/mol. The van der Waals surface area contributed by atoms with Gasteiger partial charge in [-0.3, -0.25) is 4.79 Å². The van der Waals surface area contributed by atoms with E-state index in [2.05, 4.69) is 20.4 Å².